The number of imide groups is 1. The molecule has 3 rings (SSSR count). The summed E-state index contributed by atoms with van der Waals surface area (Å²) in [5.41, 5.74) is 4.56. The van der Waals surface area contributed by atoms with Gasteiger partial charge in [-0.2, -0.15) is 0 Å². The van der Waals surface area contributed by atoms with E-state index in [0.29, 0.717) is 10.8 Å². The third-order valence-electron chi connectivity index (χ3n) is 6.21. The van der Waals surface area contributed by atoms with Crippen LogP contribution in [0.5, 0.6) is 0 Å². The number of esters is 1. The van der Waals surface area contributed by atoms with E-state index in [9.17, 15) is 14.4 Å². The van der Waals surface area contributed by atoms with Gasteiger partial charge in [-0.1, -0.05) is 6.92 Å². The largest absolute Gasteiger partial charge is 0.464 e. The lowest BCUT2D eigenvalue weighted by Crippen LogP contribution is -2.48. The second-order valence-electron chi connectivity index (χ2n) is 8.91. The van der Waals surface area contributed by atoms with Crippen LogP contribution < -0.4 is 4.90 Å². The van der Waals surface area contributed by atoms with Crippen LogP contribution in [0.15, 0.2) is 17.0 Å². The Kier molecular flexibility index (Phi) is 6.56. The van der Waals surface area contributed by atoms with E-state index in [0.717, 1.165) is 40.8 Å². The number of amides is 2. The number of benzene rings is 1. The van der Waals surface area contributed by atoms with Gasteiger partial charge in [0.2, 0.25) is 0 Å². The Bertz CT molecular complexity index is 953. The fraction of sp³-hybridized carbons (Fsp3) is 0.542. The van der Waals surface area contributed by atoms with Crippen molar-refractivity contribution in [2.45, 2.75) is 72.4 Å². The molecule has 1 saturated heterocycles. The second kappa shape index (κ2) is 8.69. The minimum Gasteiger partial charge on any atom is -0.464 e. The van der Waals surface area contributed by atoms with E-state index in [4.69, 9.17) is 4.74 Å². The van der Waals surface area contributed by atoms with Gasteiger partial charge in [-0.05, 0) is 101 Å². The van der Waals surface area contributed by atoms with Gasteiger partial charge in [-0.25, -0.2) is 4.79 Å². The van der Waals surface area contributed by atoms with Gasteiger partial charge in [0.15, 0.2) is 0 Å². The quantitative estimate of drug-likeness (QED) is 0.465. The SMILES string of the molecule is CCOC(=O)[C@@H](C)N1C(=O)S/C(=C/c2cc3c(cc2C)N(CC)C(C)(C)C[C@H]3C)C1=O. The Balaban J connectivity index is 1.96. The summed E-state index contributed by atoms with van der Waals surface area (Å²) in [4.78, 5) is 41.2. The molecule has 0 saturated carbocycles. The van der Waals surface area contributed by atoms with E-state index in [1.165, 1.54) is 18.2 Å². The average molecular weight is 445 g/mol. The van der Waals surface area contributed by atoms with Crippen LogP contribution in [-0.4, -0.2) is 46.7 Å². The number of thioether (sulfide) groups is 1. The van der Waals surface area contributed by atoms with Gasteiger partial charge in [-0.3, -0.25) is 14.5 Å². The number of aryl methyl sites for hydroxylation is 1. The molecule has 1 fully saturated rings. The third-order valence-corrected chi connectivity index (χ3v) is 7.10. The number of carbonyl (C=O) groups is 3. The fourth-order valence-corrected chi connectivity index (χ4v) is 5.63. The van der Waals surface area contributed by atoms with E-state index in [2.05, 4.69) is 44.7 Å². The summed E-state index contributed by atoms with van der Waals surface area (Å²) in [6.45, 7) is 15.3. The zero-order valence-corrected chi connectivity index (χ0v) is 20.3. The van der Waals surface area contributed by atoms with Crippen LogP contribution in [0.1, 0.15) is 70.6 Å². The monoisotopic (exact) mass is 444 g/mol. The Labute approximate surface area is 189 Å². The molecule has 6 nitrogen and oxygen atoms in total. The van der Waals surface area contributed by atoms with E-state index < -0.39 is 23.2 Å². The van der Waals surface area contributed by atoms with Crippen LogP contribution in [-0.2, 0) is 14.3 Å². The van der Waals surface area contributed by atoms with Crippen molar-refractivity contribution in [3.05, 3.63) is 33.7 Å². The molecule has 0 spiro atoms. The van der Waals surface area contributed by atoms with Crippen molar-refractivity contribution >= 4 is 40.6 Å². The van der Waals surface area contributed by atoms with Crippen LogP contribution >= 0.6 is 11.8 Å². The molecule has 1 aromatic rings. The first-order valence-corrected chi connectivity index (χ1v) is 11.7. The summed E-state index contributed by atoms with van der Waals surface area (Å²) >= 11 is 0.873. The van der Waals surface area contributed by atoms with Crippen LogP contribution in [0.25, 0.3) is 6.08 Å². The van der Waals surface area contributed by atoms with Crippen molar-refractivity contribution < 1.29 is 19.1 Å². The van der Waals surface area contributed by atoms with Gasteiger partial charge in [0.25, 0.3) is 11.1 Å². The molecule has 168 valence electrons. The van der Waals surface area contributed by atoms with Gasteiger partial charge < -0.3 is 9.64 Å². The molecule has 0 aromatic heterocycles. The van der Waals surface area contributed by atoms with Crippen LogP contribution in [0.4, 0.5) is 10.5 Å². The molecule has 0 N–H and O–H groups in total. The van der Waals surface area contributed by atoms with Crippen molar-refractivity contribution in [3.63, 3.8) is 0 Å². The van der Waals surface area contributed by atoms with Crippen molar-refractivity contribution in [3.8, 4) is 0 Å². The number of nitrogens with zero attached hydrogens (tertiary/aromatic N) is 2. The van der Waals surface area contributed by atoms with E-state index >= 15 is 0 Å². The first kappa shape index (κ1) is 23.4. The molecular weight excluding hydrogens is 412 g/mol. The molecule has 0 bridgehead atoms. The number of ether oxygens (including phenoxy) is 1. The molecule has 0 radical (unpaired) electrons. The van der Waals surface area contributed by atoms with E-state index in [1.54, 1.807) is 13.0 Å². The predicted molar refractivity (Wildman–Crippen MR) is 125 cm³/mol. The highest BCUT2D eigenvalue weighted by Gasteiger charge is 2.41. The van der Waals surface area contributed by atoms with Crippen LogP contribution in [0.2, 0.25) is 0 Å². The average Bonchev–Trinajstić information content (AvgIpc) is 2.95. The molecule has 2 amide bonds. The first-order chi connectivity index (χ1) is 14.5. The maximum Gasteiger partial charge on any atom is 0.329 e. The Morgan fingerprint density at radius 3 is 2.61 bits per heavy atom. The van der Waals surface area contributed by atoms with Gasteiger partial charge >= 0.3 is 5.97 Å². The number of hydrogen-bond acceptors (Lipinski definition) is 6. The summed E-state index contributed by atoms with van der Waals surface area (Å²) in [6, 6.07) is 3.40. The number of anilines is 1. The minimum absolute atomic E-state index is 0.0843. The molecule has 31 heavy (non-hydrogen) atoms. The Morgan fingerprint density at radius 2 is 2.00 bits per heavy atom. The van der Waals surface area contributed by atoms with Crippen LogP contribution in [0, 0.1) is 6.92 Å². The van der Waals surface area contributed by atoms with Gasteiger partial charge in [0.05, 0.1) is 11.5 Å². The molecule has 0 aliphatic carbocycles. The Morgan fingerprint density at radius 1 is 1.32 bits per heavy atom. The molecular formula is C24H32N2O4S. The van der Waals surface area contributed by atoms with Crippen molar-refractivity contribution in [1.29, 1.82) is 0 Å². The lowest BCUT2D eigenvalue weighted by Gasteiger charge is -2.47. The van der Waals surface area contributed by atoms with Crippen molar-refractivity contribution in [1.82, 2.24) is 4.90 Å². The number of hydrogen-bond donors (Lipinski definition) is 0. The van der Waals surface area contributed by atoms with Gasteiger partial charge in [-0.15, -0.1) is 0 Å². The smallest absolute Gasteiger partial charge is 0.329 e. The topological polar surface area (TPSA) is 66.9 Å². The lowest BCUT2D eigenvalue weighted by atomic mass is 9.79. The van der Waals surface area contributed by atoms with Gasteiger partial charge in [0.1, 0.15) is 6.04 Å². The van der Waals surface area contributed by atoms with E-state index in [-0.39, 0.29) is 12.1 Å². The molecule has 2 aliphatic rings. The van der Waals surface area contributed by atoms with Gasteiger partial charge in [0, 0.05) is 17.8 Å². The molecule has 2 aliphatic heterocycles. The second-order valence-corrected chi connectivity index (χ2v) is 9.90. The zero-order valence-electron chi connectivity index (χ0n) is 19.4. The number of rotatable bonds is 5. The highest BCUT2D eigenvalue weighted by molar-refractivity contribution is 8.18. The maximum atomic E-state index is 12.9. The number of fused-ring (bicyclic) bond motifs is 1. The predicted octanol–water partition coefficient (Wildman–Crippen LogP) is 5.10. The Hall–Kier alpha value is -2.28. The lowest BCUT2D eigenvalue weighted by molar-refractivity contribution is -0.150. The molecule has 2 atom stereocenters. The normalized spacial score (nSPS) is 22.7. The molecule has 2 heterocycles. The first-order valence-electron chi connectivity index (χ1n) is 10.9. The minimum atomic E-state index is -0.941. The summed E-state index contributed by atoms with van der Waals surface area (Å²) in [7, 11) is 0. The molecule has 7 heteroatoms. The standard InChI is InChI=1S/C24H32N2O4S/c1-8-25-19-10-14(3)17(11-18(19)15(4)13-24(25,6)7)12-20-21(27)26(23(29)31-20)16(5)22(28)30-9-2/h10-12,15-16H,8-9,13H2,1-7H3/b20-12+/t15-,16-/m1/s1. The zero-order chi connectivity index (χ0) is 23.1. The van der Waals surface area contributed by atoms with E-state index in [1.807, 2.05) is 6.92 Å². The maximum absolute atomic E-state index is 12.9. The summed E-state index contributed by atoms with van der Waals surface area (Å²) in [5, 5.41) is -0.445. The van der Waals surface area contributed by atoms with Crippen molar-refractivity contribution in [2.75, 3.05) is 18.1 Å². The highest BCUT2D eigenvalue weighted by atomic mass is 32.2. The number of carbonyl (C=O) groups excluding carboxylic acids is 3. The molecule has 1 aromatic carbocycles. The van der Waals surface area contributed by atoms with Crippen molar-refractivity contribution in [2.24, 2.45) is 0 Å². The summed E-state index contributed by atoms with van der Waals surface area (Å²) in [5.74, 6) is -0.636. The van der Waals surface area contributed by atoms with Crippen LogP contribution in [0.3, 0.4) is 0 Å². The molecule has 0 unspecified atom stereocenters. The third kappa shape index (κ3) is 4.25. The summed E-state index contributed by atoms with van der Waals surface area (Å²) in [6.07, 6.45) is 2.82. The highest BCUT2D eigenvalue weighted by Crippen LogP contribution is 2.45. The summed E-state index contributed by atoms with van der Waals surface area (Å²) < 4.78 is 4.98. The fourth-order valence-electron chi connectivity index (χ4n) is 4.73.